The molecule has 1 aliphatic heterocycles. The molecule has 0 unspecified atom stereocenters. The number of amides is 2. The number of halogens is 1. The molecule has 1 aromatic rings. The van der Waals surface area contributed by atoms with E-state index in [0.29, 0.717) is 44.9 Å². The Kier molecular flexibility index (Phi) is 13.5. The number of nitrogens with zero attached hydrogens (tertiary/aromatic N) is 5. The van der Waals surface area contributed by atoms with Crippen molar-refractivity contribution in [3.8, 4) is 0 Å². The zero-order chi connectivity index (χ0) is 23.5. The SMILES string of the molecule is CN=C(NCCCCCC(=O)N1CCN(C(=O)CC(C)C)CC1)N(C)Cc1cccn1C.I. The highest BCUT2D eigenvalue weighted by atomic mass is 127. The fraction of sp³-hybridized carbons (Fsp3) is 0.708. The Balaban J connectivity index is 0.00000544. The molecule has 0 spiro atoms. The number of unbranched alkanes of at least 4 members (excludes halogenated alkanes) is 2. The minimum absolute atomic E-state index is 0. The predicted octanol–water partition coefficient (Wildman–Crippen LogP) is 2.93. The first-order chi connectivity index (χ1) is 15.3. The summed E-state index contributed by atoms with van der Waals surface area (Å²) in [5.74, 6) is 1.68. The number of hydrogen-bond acceptors (Lipinski definition) is 3. The van der Waals surface area contributed by atoms with Crippen LogP contribution in [0.3, 0.4) is 0 Å². The fourth-order valence-electron chi connectivity index (χ4n) is 3.98. The number of hydrogen-bond donors (Lipinski definition) is 1. The highest BCUT2D eigenvalue weighted by Gasteiger charge is 2.23. The van der Waals surface area contributed by atoms with Gasteiger partial charge in [0.1, 0.15) is 0 Å². The Morgan fingerprint density at radius 2 is 1.73 bits per heavy atom. The Labute approximate surface area is 216 Å². The number of nitrogens with one attached hydrogen (secondary N) is 1. The number of piperazine rings is 1. The molecule has 188 valence electrons. The van der Waals surface area contributed by atoms with Gasteiger partial charge in [0.05, 0.1) is 6.54 Å². The van der Waals surface area contributed by atoms with Gasteiger partial charge in [-0.25, -0.2) is 0 Å². The highest BCUT2D eigenvalue weighted by Crippen LogP contribution is 2.11. The lowest BCUT2D eigenvalue weighted by molar-refractivity contribution is -0.140. The summed E-state index contributed by atoms with van der Waals surface area (Å²) in [4.78, 5) is 35.0. The van der Waals surface area contributed by atoms with Crippen molar-refractivity contribution in [1.82, 2.24) is 24.6 Å². The molecule has 33 heavy (non-hydrogen) atoms. The second-order valence-electron chi connectivity index (χ2n) is 9.11. The molecule has 1 aromatic heterocycles. The topological polar surface area (TPSA) is 73.2 Å². The van der Waals surface area contributed by atoms with E-state index in [2.05, 4.69) is 39.7 Å². The molecular weight excluding hydrogens is 531 g/mol. The molecule has 0 aromatic carbocycles. The van der Waals surface area contributed by atoms with Crippen molar-refractivity contribution in [2.24, 2.45) is 18.0 Å². The molecule has 1 N–H and O–H groups in total. The fourth-order valence-corrected chi connectivity index (χ4v) is 3.98. The van der Waals surface area contributed by atoms with Crippen molar-refractivity contribution < 1.29 is 9.59 Å². The van der Waals surface area contributed by atoms with Crippen molar-refractivity contribution in [2.75, 3.05) is 46.8 Å². The average molecular weight is 575 g/mol. The lowest BCUT2D eigenvalue weighted by atomic mass is 10.1. The summed E-state index contributed by atoms with van der Waals surface area (Å²) in [6.45, 7) is 8.41. The van der Waals surface area contributed by atoms with E-state index in [1.807, 2.05) is 36.2 Å². The summed E-state index contributed by atoms with van der Waals surface area (Å²) in [5.41, 5.74) is 1.24. The van der Waals surface area contributed by atoms with Crippen molar-refractivity contribution in [2.45, 2.75) is 52.5 Å². The van der Waals surface area contributed by atoms with Crippen LogP contribution in [0.4, 0.5) is 0 Å². The van der Waals surface area contributed by atoms with Crippen LogP contribution in [-0.4, -0.2) is 83.9 Å². The van der Waals surface area contributed by atoms with Crippen LogP contribution in [0, 0.1) is 5.92 Å². The molecular formula is C24H43IN6O2. The van der Waals surface area contributed by atoms with E-state index in [1.54, 1.807) is 7.05 Å². The molecule has 0 atom stereocenters. The molecule has 1 aliphatic rings. The van der Waals surface area contributed by atoms with Gasteiger partial charge < -0.3 is 24.6 Å². The zero-order valence-electron chi connectivity index (χ0n) is 21.0. The summed E-state index contributed by atoms with van der Waals surface area (Å²) in [5, 5.41) is 3.42. The lowest BCUT2D eigenvalue weighted by Crippen LogP contribution is -2.50. The number of carbonyl (C=O) groups is 2. The van der Waals surface area contributed by atoms with Crippen molar-refractivity contribution in [3.05, 3.63) is 24.0 Å². The Morgan fingerprint density at radius 3 is 2.27 bits per heavy atom. The van der Waals surface area contributed by atoms with Crippen molar-refractivity contribution in [1.29, 1.82) is 0 Å². The molecule has 2 rings (SSSR count). The first kappa shape index (κ1) is 29.3. The molecule has 9 heteroatoms. The van der Waals surface area contributed by atoms with Gasteiger partial charge in [-0.15, -0.1) is 24.0 Å². The van der Waals surface area contributed by atoms with Crippen LogP contribution >= 0.6 is 24.0 Å². The van der Waals surface area contributed by atoms with Crippen LogP contribution in [0.1, 0.15) is 51.6 Å². The van der Waals surface area contributed by atoms with E-state index in [4.69, 9.17) is 0 Å². The van der Waals surface area contributed by atoms with Crippen LogP contribution in [0.15, 0.2) is 23.3 Å². The zero-order valence-corrected chi connectivity index (χ0v) is 23.4. The van der Waals surface area contributed by atoms with Gasteiger partial charge in [-0.3, -0.25) is 14.6 Å². The summed E-state index contributed by atoms with van der Waals surface area (Å²) in [7, 11) is 5.89. The molecule has 1 fully saturated rings. The van der Waals surface area contributed by atoms with Gasteiger partial charge in [0.25, 0.3) is 0 Å². The number of guanidine groups is 1. The summed E-state index contributed by atoms with van der Waals surface area (Å²) < 4.78 is 2.12. The molecule has 8 nitrogen and oxygen atoms in total. The molecule has 0 aliphatic carbocycles. The monoisotopic (exact) mass is 574 g/mol. The predicted molar refractivity (Wildman–Crippen MR) is 145 cm³/mol. The number of aliphatic imine (C=N–C) groups is 1. The van der Waals surface area contributed by atoms with Crippen molar-refractivity contribution in [3.63, 3.8) is 0 Å². The summed E-state index contributed by atoms with van der Waals surface area (Å²) in [6, 6.07) is 4.16. The molecule has 0 saturated carbocycles. The third-order valence-corrected chi connectivity index (χ3v) is 5.94. The van der Waals surface area contributed by atoms with Gasteiger partial charge in [-0.05, 0) is 30.9 Å². The molecule has 0 radical (unpaired) electrons. The van der Waals surface area contributed by atoms with Crippen LogP contribution < -0.4 is 5.32 Å². The summed E-state index contributed by atoms with van der Waals surface area (Å²) in [6.07, 6.45) is 6.13. The number of aryl methyl sites for hydroxylation is 1. The van der Waals surface area contributed by atoms with Crippen molar-refractivity contribution >= 4 is 41.8 Å². The Hall–Kier alpha value is -1.78. The van der Waals surface area contributed by atoms with E-state index >= 15 is 0 Å². The van der Waals surface area contributed by atoms with Crippen LogP contribution in [-0.2, 0) is 23.2 Å². The highest BCUT2D eigenvalue weighted by molar-refractivity contribution is 14.0. The molecule has 2 amide bonds. The minimum atomic E-state index is 0. The lowest BCUT2D eigenvalue weighted by Gasteiger charge is -2.35. The second-order valence-corrected chi connectivity index (χ2v) is 9.11. The minimum Gasteiger partial charge on any atom is -0.356 e. The average Bonchev–Trinajstić information content (AvgIpc) is 3.16. The number of aromatic nitrogens is 1. The van der Waals surface area contributed by atoms with E-state index in [0.717, 1.165) is 38.3 Å². The van der Waals surface area contributed by atoms with Crippen LogP contribution in [0.5, 0.6) is 0 Å². The van der Waals surface area contributed by atoms with Crippen LogP contribution in [0.25, 0.3) is 0 Å². The maximum Gasteiger partial charge on any atom is 0.222 e. The van der Waals surface area contributed by atoms with E-state index in [9.17, 15) is 9.59 Å². The van der Waals surface area contributed by atoms with Gasteiger partial charge in [0, 0.05) is 78.6 Å². The van der Waals surface area contributed by atoms with Gasteiger partial charge in [0.15, 0.2) is 5.96 Å². The van der Waals surface area contributed by atoms with Gasteiger partial charge in [-0.2, -0.15) is 0 Å². The van der Waals surface area contributed by atoms with Crippen LogP contribution in [0.2, 0.25) is 0 Å². The number of rotatable bonds is 10. The van der Waals surface area contributed by atoms with Gasteiger partial charge in [0.2, 0.25) is 11.8 Å². The normalized spacial score (nSPS) is 14.3. The molecule has 1 saturated heterocycles. The maximum absolute atomic E-state index is 12.5. The third-order valence-electron chi connectivity index (χ3n) is 5.94. The van der Waals surface area contributed by atoms with E-state index in [-0.39, 0.29) is 35.8 Å². The Morgan fingerprint density at radius 1 is 1.09 bits per heavy atom. The smallest absolute Gasteiger partial charge is 0.222 e. The molecule has 2 heterocycles. The Bertz CT molecular complexity index is 756. The van der Waals surface area contributed by atoms with Gasteiger partial charge >= 0.3 is 0 Å². The second kappa shape index (κ2) is 15.2. The van der Waals surface area contributed by atoms with Gasteiger partial charge in [-0.1, -0.05) is 20.3 Å². The first-order valence-corrected chi connectivity index (χ1v) is 11.9. The van der Waals surface area contributed by atoms with E-state index < -0.39 is 0 Å². The molecule has 0 bridgehead atoms. The van der Waals surface area contributed by atoms with E-state index in [1.165, 1.54) is 5.69 Å². The standard InChI is InChI=1S/C24H42N6O2.HI/c1-20(2)18-23(32)30-16-14-29(15-17-30)22(31)11-7-6-8-12-26-24(25-3)28(5)19-21-10-9-13-27(21)4;/h9-10,13,20H,6-8,11-12,14-19H2,1-5H3,(H,25,26);1H. The first-order valence-electron chi connectivity index (χ1n) is 11.9. The summed E-state index contributed by atoms with van der Waals surface area (Å²) >= 11 is 0. The largest absolute Gasteiger partial charge is 0.356 e. The number of carbonyl (C=O) groups excluding carboxylic acids is 2. The quantitative estimate of drug-likeness (QED) is 0.202. The maximum atomic E-state index is 12.5. The third kappa shape index (κ3) is 9.93.